The van der Waals surface area contributed by atoms with Gasteiger partial charge in [0.25, 0.3) is 5.91 Å². The van der Waals surface area contributed by atoms with Gasteiger partial charge in [0.05, 0.1) is 6.61 Å². The van der Waals surface area contributed by atoms with Crippen LogP contribution in [0.2, 0.25) is 0 Å². The molecule has 0 aliphatic heterocycles. The summed E-state index contributed by atoms with van der Waals surface area (Å²) in [5.41, 5.74) is 2.28. The molecule has 0 atom stereocenters. The minimum Gasteiger partial charge on any atom is -0.392 e. The molecule has 122 valence electrons. The Morgan fingerprint density at radius 1 is 1.17 bits per heavy atom. The fraction of sp³-hybridized carbons (Fsp3) is 0.333. The molecule has 0 fully saturated rings. The number of nitrogens with one attached hydrogen (secondary N) is 1. The number of anilines is 1. The maximum absolute atomic E-state index is 11.9. The van der Waals surface area contributed by atoms with Crippen LogP contribution >= 0.6 is 0 Å². The van der Waals surface area contributed by atoms with Gasteiger partial charge in [0.1, 0.15) is 5.69 Å². The van der Waals surface area contributed by atoms with Crippen molar-refractivity contribution >= 4 is 11.6 Å². The van der Waals surface area contributed by atoms with Gasteiger partial charge in [0.15, 0.2) is 0 Å². The van der Waals surface area contributed by atoms with Gasteiger partial charge < -0.3 is 15.3 Å². The summed E-state index contributed by atoms with van der Waals surface area (Å²) in [6.07, 6.45) is 3.43. The lowest BCUT2D eigenvalue weighted by Gasteiger charge is -2.19. The number of nitrogens with zero attached hydrogens (tertiary/aromatic N) is 2. The molecule has 0 spiro atoms. The fourth-order valence-corrected chi connectivity index (χ4v) is 2.23. The second-order valence-electron chi connectivity index (χ2n) is 5.43. The van der Waals surface area contributed by atoms with E-state index in [4.69, 9.17) is 5.11 Å². The van der Waals surface area contributed by atoms with Crippen molar-refractivity contribution in [3.05, 3.63) is 59.9 Å². The lowest BCUT2D eigenvalue weighted by molar-refractivity contribution is 0.0948. The molecule has 0 radical (unpaired) electrons. The molecule has 1 amide bonds. The number of aliphatic hydroxyl groups is 1. The number of pyridine rings is 1. The zero-order valence-electron chi connectivity index (χ0n) is 13.4. The number of carbonyl (C=O) groups is 1. The van der Waals surface area contributed by atoms with Gasteiger partial charge in [0.2, 0.25) is 0 Å². The van der Waals surface area contributed by atoms with Crippen molar-refractivity contribution in [3.63, 3.8) is 0 Å². The van der Waals surface area contributed by atoms with E-state index in [1.54, 1.807) is 12.1 Å². The standard InChI is InChI=1S/C18H23N3O2/c1-21(16-7-3-2-4-8-16)12-6-5-11-19-18(23)17-10-9-15(14-22)13-20-17/h2-4,7-10,13,22H,5-6,11-12,14H2,1H3,(H,19,23). The van der Waals surface area contributed by atoms with Gasteiger partial charge in [-0.15, -0.1) is 0 Å². The number of unbranched alkanes of at least 4 members (excludes halogenated alkanes) is 1. The molecule has 0 saturated carbocycles. The van der Waals surface area contributed by atoms with Crippen LogP contribution in [0, 0.1) is 0 Å². The number of carbonyl (C=O) groups excluding carboxylic acids is 1. The lowest BCUT2D eigenvalue weighted by Crippen LogP contribution is -2.26. The molecule has 1 heterocycles. The molecular weight excluding hydrogens is 290 g/mol. The molecule has 5 nitrogen and oxygen atoms in total. The van der Waals surface area contributed by atoms with Crippen LogP contribution in [-0.4, -0.2) is 36.1 Å². The minimum absolute atomic E-state index is 0.0656. The van der Waals surface area contributed by atoms with Crippen molar-refractivity contribution in [2.24, 2.45) is 0 Å². The molecule has 0 aliphatic rings. The van der Waals surface area contributed by atoms with Crippen LogP contribution in [0.15, 0.2) is 48.7 Å². The molecule has 2 rings (SSSR count). The first-order chi connectivity index (χ1) is 11.2. The van der Waals surface area contributed by atoms with Gasteiger partial charge in [-0.2, -0.15) is 0 Å². The van der Waals surface area contributed by atoms with Crippen LogP contribution in [0.5, 0.6) is 0 Å². The number of hydrogen-bond acceptors (Lipinski definition) is 4. The number of aliphatic hydroxyl groups excluding tert-OH is 1. The molecule has 0 bridgehead atoms. The highest BCUT2D eigenvalue weighted by Gasteiger charge is 2.06. The summed E-state index contributed by atoms with van der Waals surface area (Å²) in [5, 5.41) is 11.8. The first kappa shape index (κ1) is 17.0. The van der Waals surface area contributed by atoms with E-state index >= 15 is 0 Å². The van der Waals surface area contributed by atoms with Crippen molar-refractivity contribution in [1.29, 1.82) is 0 Å². The predicted molar refractivity (Wildman–Crippen MR) is 91.4 cm³/mol. The highest BCUT2D eigenvalue weighted by atomic mass is 16.3. The molecular formula is C18H23N3O2. The Kier molecular flexibility index (Phi) is 6.56. The fourth-order valence-electron chi connectivity index (χ4n) is 2.23. The number of para-hydroxylation sites is 1. The van der Waals surface area contributed by atoms with Crippen LogP contribution in [-0.2, 0) is 6.61 Å². The van der Waals surface area contributed by atoms with Crippen molar-refractivity contribution in [2.45, 2.75) is 19.4 Å². The summed E-state index contributed by atoms with van der Waals surface area (Å²) >= 11 is 0. The monoisotopic (exact) mass is 313 g/mol. The number of amides is 1. The number of aromatic nitrogens is 1. The molecule has 5 heteroatoms. The summed E-state index contributed by atoms with van der Waals surface area (Å²) in [5.74, 6) is -0.175. The lowest BCUT2D eigenvalue weighted by atomic mass is 10.2. The summed E-state index contributed by atoms with van der Waals surface area (Å²) in [6, 6.07) is 13.6. The van der Waals surface area contributed by atoms with Gasteiger partial charge in [-0.3, -0.25) is 9.78 Å². The topological polar surface area (TPSA) is 65.5 Å². The Morgan fingerprint density at radius 2 is 1.96 bits per heavy atom. The second kappa shape index (κ2) is 8.90. The Balaban J connectivity index is 1.65. The van der Waals surface area contributed by atoms with E-state index in [-0.39, 0.29) is 12.5 Å². The average molecular weight is 313 g/mol. The molecule has 0 aliphatic carbocycles. The Bertz CT molecular complexity index is 599. The van der Waals surface area contributed by atoms with Crippen LogP contribution < -0.4 is 10.2 Å². The van der Waals surface area contributed by atoms with Crippen molar-refractivity contribution < 1.29 is 9.90 Å². The quantitative estimate of drug-likeness (QED) is 0.734. The van der Waals surface area contributed by atoms with Gasteiger partial charge in [-0.05, 0) is 36.6 Å². The number of rotatable bonds is 8. The van der Waals surface area contributed by atoms with Gasteiger partial charge in [-0.1, -0.05) is 24.3 Å². The van der Waals surface area contributed by atoms with Crippen molar-refractivity contribution in [2.75, 3.05) is 25.0 Å². The predicted octanol–water partition coefficient (Wildman–Crippen LogP) is 2.22. The first-order valence-corrected chi connectivity index (χ1v) is 7.81. The average Bonchev–Trinajstić information content (AvgIpc) is 2.62. The highest BCUT2D eigenvalue weighted by molar-refractivity contribution is 5.92. The zero-order valence-corrected chi connectivity index (χ0v) is 13.4. The van der Waals surface area contributed by atoms with E-state index in [9.17, 15) is 4.79 Å². The number of hydrogen-bond donors (Lipinski definition) is 2. The molecule has 1 aromatic carbocycles. The van der Waals surface area contributed by atoms with Crippen LogP contribution in [0.1, 0.15) is 28.9 Å². The third-order valence-corrected chi connectivity index (χ3v) is 3.64. The largest absolute Gasteiger partial charge is 0.392 e. The van der Waals surface area contributed by atoms with Crippen molar-refractivity contribution in [3.8, 4) is 0 Å². The van der Waals surface area contributed by atoms with E-state index in [1.807, 2.05) is 18.2 Å². The van der Waals surface area contributed by atoms with Crippen LogP contribution in [0.25, 0.3) is 0 Å². The maximum Gasteiger partial charge on any atom is 0.269 e. The molecule has 1 aromatic heterocycles. The van der Waals surface area contributed by atoms with Gasteiger partial charge >= 0.3 is 0 Å². The maximum atomic E-state index is 11.9. The molecule has 23 heavy (non-hydrogen) atoms. The molecule has 2 N–H and O–H groups in total. The van der Waals surface area contributed by atoms with E-state index < -0.39 is 0 Å². The smallest absolute Gasteiger partial charge is 0.269 e. The summed E-state index contributed by atoms with van der Waals surface area (Å²) in [7, 11) is 2.07. The highest BCUT2D eigenvalue weighted by Crippen LogP contribution is 2.11. The normalized spacial score (nSPS) is 10.3. The first-order valence-electron chi connectivity index (χ1n) is 7.81. The Labute approximate surface area is 137 Å². The SMILES string of the molecule is CN(CCCCNC(=O)c1ccc(CO)cn1)c1ccccc1. The van der Waals surface area contributed by atoms with Crippen molar-refractivity contribution in [1.82, 2.24) is 10.3 Å². The third-order valence-electron chi connectivity index (χ3n) is 3.64. The Hall–Kier alpha value is -2.40. The summed E-state index contributed by atoms with van der Waals surface area (Å²) in [6.45, 7) is 1.51. The molecule has 0 saturated heterocycles. The number of benzene rings is 1. The Morgan fingerprint density at radius 3 is 2.61 bits per heavy atom. The van der Waals surface area contributed by atoms with E-state index in [1.165, 1.54) is 11.9 Å². The van der Waals surface area contributed by atoms with E-state index in [0.29, 0.717) is 17.8 Å². The van der Waals surface area contributed by atoms with Crippen LogP contribution in [0.3, 0.4) is 0 Å². The zero-order chi connectivity index (χ0) is 16.5. The summed E-state index contributed by atoms with van der Waals surface area (Å²) in [4.78, 5) is 18.2. The van der Waals surface area contributed by atoms with Gasteiger partial charge in [0, 0.05) is 32.0 Å². The molecule has 0 unspecified atom stereocenters. The van der Waals surface area contributed by atoms with E-state index in [0.717, 1.165) is 19.4 Å². The minimum atomic E-state index is -0.175. The van der Waals surface area contributed by atoms with E-state index in [2.05, 4.69) is 34.4 Å². The van der Waals surface area contributed by atoms with Gasteiger partial charge in [-0.25, -0.2) is 0 Å². The third kappa shape index (κ3) is 5.38. The second-order valence-corrected chi connectivity index (χ2v) is 5.43. The molecule has 2 aromatic rings. The van der Waals surface area contributed by atoms with Crippen LogP contribution in [0.4, 0.5) is 5.69 Å². The summed E-state index contributed by atoms with van der Waals surface area (Å²) < 4.78 is 0.